The quantitative estimate of drug-likeness (QED) is 0.852. The highest BCUT2D eigenvalue weighted by Gasteiger charge is 2.24. The van der Waals surface area contributed by atoms with Gasteiger partial charge in [0, 0.05) is 11.3 Å². The highest BCUT2D eigenvalue weighted by atomic mass is 16.6. The van der Waals surface area contributed by atoms with Gasteiger partial charge in [-0.3, -0.25) is 4.90 Å². The Labute approximate surface area is 148 Å². The molecule has 0 saturated carbocycles. The monoisotopic (exact) mass is 343 g/mol. The fourth-order valence-corrected chi connectivity index (χ4v) is 2.28. The Kier molecular flexibility index (Phi) is 5.91. The molecule has 0 atom stereocenters. The summed E-state index contributed by atoms with van der Waals surface area (Å²) in [5.41, 5.74) is 0.697. The molecule has 1 amide bonds. The van der Waals surface area contributed by atoms with E-state index in [0.29, 0.717) is 17.9 Å². The normalized spacial score (nSPS) is 11.0. The average Bonchev–Trinajstić information content (AvgIpc) is 2.54. The van der Waals surface area contributed by atoms with Gasteiger partial charge in [-0.15, -0.1) is 0 Å². The molecule has 5 heteroatoms. The molecule has 0 saturated heterocycles. The van der Waals surface area contributed by atoms with Gasteiger partial charge in [-0.1, -0.05) is 18.2 Å². The van der Waals surface area contributed by atoms with E-state index in [4.69, 9.17) is 9.47 Å². The van der Waals surface area contributed by atoms with Gasteiger partial charge < -0.3 is 14.6 Å². The Bertz CT molecular complexity index is 704. The van der Waals surface area contributed by atoms with Gasteiger partial charge in [0.2, 0.25) is 0 Å². The first-order valence-corrected chi connectivity index (χ1v) is 8.30. The molecule has 0 aliphatic carbocycles. The molecule has 2 aromatic rings. The summed E-state index contributed by atoms with van der Waals surface area (Å²) in [5.74, 6) is 0.875. The summed E-state index contributed by atoms with van der Waals surface area (Å²) in [4.78, 5) is 14.2. The largest absolute Gasteiger partial charge is 0.508 e. The first-order chi connectivity index (χ1) is 11.8. The summed E-state index contributed by atoms with van der Waals surface area (Å²) in [6.45, 7) is 8.16. The van der Waals surface area contributed by atoms with Gasteiger partial charge in [-0.2, -0.15) is 0 Å². The van der Waals surface area contributed by atoms with Crippen molar-refractivity contribution in [1.82, 2.24) is 0 Å². The number of anilines is 1. The summed E-state index contributed by atoms with van der Waals surface area (Å²) < 4.78 is 11.0. The van der Waals surface area contributed by atoms with Crippen molar-refractivity contribution < 1.29 is 19.4 Å². The first-order valence-electron chi connectivity index (χ1n) is 8.30. The number of hydrogen-bond donors (Lipinski definition) is 1. The molecule has 0 heterocycles. The molecule has 0 aliphatic rings. The molecule has 5 nitrogen and oxygen atoms in total. The van der Waals surface area contributed by atoms with E-state index in [1.807, 2.05) is 33.8 Å². The third-order valence-corrected chi connectivity index (χ3v) is 3.39. The van der Waals surface area contributed by atoms with Crippen LogP contribution >= 0.6 is 0 Å². The fraction of sp³-hybridized carbons (Fsp3) is 0.350. The molecule has 2 aromatic carbocycles. The van der Waals surface area contributed by atoms with Crippen molar-refractivity contribution in [3.63, 3.8) is 0 Å². The van der Waals surface area contributed by atoms with Crippen LogP contribution in [0.15, 0.2) is 48.5 Å². The number of carbonyl (C=O) groups is 1. The van der Waals surface area contributed by atoms with Crippen LogP contribution in [0.25, 0.3) is 0 Å². The molecule has 0 fully saturated rings. The zero-order valence-corrected chi connectivity index (χ0v) is 15.2. The number of ether oxygens (including phenoxy) is 2. The molecule has 2 rings (SSSR count). The molecule has 134 valence electrons. The van der Waals surface area contributed by atoms with Gasteiger partial charge in [0.15, 0.2) is 0 Å². The third-order valence-electron chi connectivity index (χ3n) is 3.39. The Morgan fingerprint density at radius 2 is 1.72 bits per heavy atom. The Balaban J connectivity index is 2.31. The Morgan fingerprint density at radius 3 is 2.28 bits per heavy atom. The van der Waals surface area contributed by atoms with Gasteiger partial charge in [-0.25, -0.2) is 4.79 Å². The summed E-state index contributed by atoms with van der Waals surface area (Å²) in [7, 11) is 0. The number of rotatable bonds is 5. The van der Waals surface area contributed by atoms with Crippen molar-refractivity contribution in [1.29, 1.82) is 0 Å². The van der Waals surface area contributed by atoms with Crippen LogP contribution in [-0.2, 0) is 11.3 Å². The second-order valence-electron chi connectivity index (χ2n) is 6.62. The minimum absolute atomic E-state index is 0.141. The molecule has 0 aromatic heterocycles. The van der Waals surface area contributed by atoms with Crippen molar-refractivity contribution >= 4 is 11.8 Å². The minimum Gasteiger partial charge on any atom is -0.508 e. The van der Waals surface area contributed by atoms with E-state index in [1.165, 1.54) is 4.90 Å². The SMILES string of the molecule is CCOc1ccc(N(Cc2ccccc2O)C(=O)OC(C)(C)C)cc1. The second kappa shape index (κ2) is 7.92. The van der Waals surface area contributed by atoms with E-state index >= 15 is 0 Å². The lowest BCUT2D eigenvalue weighted by molar-refractivity contribution is 0.0577. The number of phenols is 1. The van der Waals surface area contributed by atoms with Crippen molar-refractivity contribution in [3.05, 3.63) is 54.1 Å². The predicted molar refractivity (Wildman–Crippen MR) is 98.1 cm³/mol. The van der Waals surface area contributed by atoms with Crippen LogP contribution < -0.4 is 9.64 Å². The van der Waals surface area contributed by atoms with Crippen LogP contribution in [-0.4, -0.2) is 23.4 Å². The maximum absolute atomic E-state index is 12.7. The molecular weight excluding hydrogens is 318 g/mol. The predicted octanol–water partition coefficient (Wildman–Crippen LogP) is 4.73. The second-order valence-corrected chi connectivity index (χ2v) is 6.62. The van der Waals surface area contributed by atoms with Crippen molar-refractivity contribution in [3.8, 4) is 11.5 Å². The number of carbonyl (C=O) groups excluding carboxylic acids is 1. The number of phenolic OH excluding ortho intramolecular Hbond substituents is 1. The summed E-state index contributed by atoms with van der Waals surface area (Å²) in [5, 5.41) is 10.0. The van der Waals surface area contributed by atoms with Gasteiger partial charge >= 0.3 is 6.09 Å². The van der Waals surface area contributed by atoms with E-state index in [2.05, 4.69) is 0 Å². The van der Waals surface area contributed by atoms with Gasteiger partial charge in [-0.05, 0) is 58.0 Å². The number of aromatic hydroxyl groups is 1. The van der Waals surface area contributed by atoms with E-state index in [0.717, 1.165) is 5.75 Å². The number of amides is 1. The van der Waals surface area contributed by atoms with Gasteiger partial charge in [0.1, 0.15) is 17.1 Å². The molecule has 25 heavy (non-hydrogen) atoms. The molecule has 0 aliphatic heterocycles. The van der Waals surface area contributed by atoms with Crippen LogP contribution in [0.1, 0.15) is 33.3 Å². The zero-order valence-electron chi connectivity index (χ0n) is 15.2. The average molecular weight is 343 g/mol. The topological polar surface area (TPSA) is 59.0 Å². The van der Waals surface area contributed by atoms with Gasteiger partial charge in [0.25, 0.3) is 0 Å². The van der Waals surface area contributed by atoms with Crippen molar-refractivity contribution in [2.75, 3.05) is 11.5 Å². The smallest absolute Gasteiger partial charge is 0.415 e. The molecule has 0 spiro atoms. The number of nitrogens with zero attached hydrogens (tertiary/aromatic N) is 1. The molecule has 0 bridgehead atoms. The molecule has 0 radical (unpaired) electrons. The molecular formula is C20H25NO4. The van der Waals surface area contributed by atoms with Crippen molar-refractivity contribution in [2.24, 2.45) is 0 Å². The zero-order chi connectivity index (χ0) is 18.4. The fourth-order valence-electron chi connectivity index (χ4n) is 2.28. The van der Waals surface area contributed by atoms with E-state index < -0.39 is 11.7 Å². The van der Waals surface area contributed by atoms with Crippen molar-refractivity contribution in [2.45, 2.75) is 39.8 Å². The Hall–Kier alpha value is -2.69. The van der Waals surface area contributed by atoms with Crippen LogP contribution in [0.4, 0.5) is 10.5 Å². The third kappa shape index (κ3) is 5.41. The van der Waals surface area contributed by atoms with Gasteiger partial charge in [0.05, 0.1) is 13.2 Å². The highest BCUT2D eigenvalue weighted by Crippen LogP contribution is 2.26. The maximum atomic E-state index is 12.7. The van der Waals surface area contributed by atoms with Crippen LogP contribution in [0.3, 0.4) is 0 Å². The standard InChI is InChI=1S/C20H25NO4/c1-5-24-17-12-10-16(11-13-17)21(19(23)25-20(2,3)4)14-15-8-6-7-9-18(15)22/h6-13,22H,5,14H2,1-4H3. The summed E-state index contributed by atoms with van der Waals surface area (Å²) in [6.07, 6.45) is -0.472. The lowest BCUT2D eigenvalue weighted by atomic mass is 10.1. The van der Waals surface area contributed by atoms with Crippen LogP contribution in [0, 0.1) is 0 Å². The minimum atomic E-state index is -0.612. The van der Waals surface area contributed by atoms with E-state index in [1.54, 1.807) is 42.5 Å². The Morgan fingerprint density at radius 1 is 1.08 bits per heavy atom. The van der Waals surface area contributed by atoms with Crippen LogP contribution in [0.5, 0.6) is 11.5 Å². The number of hydrogen-bond acceptors (Lipinski definition) is 4. The van der Waals surface area contributed by atoms with Crippen LogP contribution in [0.2, 0.25) is 0 Å². The first kappa shape index (κ1) is 18.6. The number of para-hydroxylation sites is 1. The highest BCUT2D eigenvalue weighted by molar-refractivity contribution is 5.88. The summed E-state index contributed by atoms with van der Waals surface area (Å²) >= 11 is 0. The summed E-state index contributed by atoms with van der Waals surface area (Å²) in [6, 6.07) is 14.2. The maximum Gasteiger partial charge on any atom is 0.415 e. The molecule has 0 unspecified atom stereocenters. The van der Waals surface area contributed by atoms with E-state index in [9.17, 15) is 9.90 Å². The molecule has 1 N–H and O–H groups in total. The number of benzene rings is 2. The van der Waals surface area contributed by atoms with E-state index in [-0.39, 0.29) is 12.3 Å². The lowest BCUT2D eigenvalue weighted by Gasteiger charge is -2.28. The lowest BCUT2D eigenvalue weighted by Crippen LogP contribution is -2.36.